The van der Waals surface area contributed by atoms with E-state index in [1.165, 1.54) is 37.4 Å². The fraction of sp³-hybridized carbons (Fsp3) is 0.167. The molecule has 0 saturated carbocycles. The number of amides is 1. The first-order valence-electron chi connectivity index (χ1n) is 8.40. The van der Waals surface area contributed by atoms with Gasteiger partial charge in [0.15, 0.2) is 5.01 Å². The summed E-state index contributed by atoms with van der Waals surface area (Å²) >= 11 is 0.539. The van der Waals surface area contributed by atoms with Gasteiger partial charge in [-0.3, -0.25) is 14.8 Å². The average molecular weight is 454 g/mol. The molecule has 3 aromatic rings. The molecule has 0 unspecified atom stereocenters. The Balaban J connectivity index is 1.82. The smallest absolute Gasteiger partial charge is 0.291 e. The number of hydrogen-bond donors (Lipinski definition) is 2. The Morgan fingerprint density at radius 2 is 1.83 bits per heavy atom. The maximum atomic E-state index is 12.7. The van der Waals surface area contributed by atoms with E-state index in [0.717, 1.165) is 0 Å². The summed E-state index contributed by atoms with van der Waals surface area (Å²) in [4.78, 5) is 12.4. The number of sulfonamides is 1. The van der Waals surface area contributed by atoms with E-state index in [1.807, 2.05) is 0 Å². The molecular weight excluding hydrogens is 438 g/mol. The zero-order valence-electron chi connectivity index (χ0n) is 15.7. The van der Waals surface area contributed by atoms with E-state index in [-0.39, 0.29) is 15.6 Å². The summed E-state index contributed by atoms with van der Waals surface area (Å²) < 4.78 is 58.1. The summed E-state index contributed by atoms with van der Waals surface area (Å²) in [6.07, 6.45) is -2.80. The second-order valence-electron chi connectivity index (χ2n) is 6.01. The summed E-state index contributed by atoms with van der Waals surface area (Å²) in [5, 5.41) is 8.50. The number of nitrogens with one attached hydrogen (secondary N) is 2. The normalized spacial score (nSPS) is 11.4. The molecule has 1 aromatic heterocycles. The van der Waals surface area contributed by atoms with E-state index >= 15 is 0 Å². The highest BCUT2D eigenvalue weighted by molar-refractivity contribution is 7.92. The zero-order valence-corrected chi connectivity index (χ0v) is 17.4. The number of ether oxygens (including phenoxy) is 1. The summed E-state index contributed by atoms with van der Waals surface area (Å²) in [6.45, 7) is 1.62. The molecule has 0 spiro atoms. The molecule has 2 aromatic carbocycles. The van der Waals surface area contributed by atoms with Gasteiger partial charge in [-0.2, -0.15) is 0 Å². The van der Waals surface area contributed by atoms with Crippen LogP contribution in [-0.4, -0.2) is 31.6 Å². The predicted molar refractivity (Wildman–Crippen MR) is 108 cm³/mol. The number of rotatable bonds is 7. The molecule has 158 valence electrons. The van der Waals surface area contributed by atoms with Gasteiger partial charge in [-0.1, -0.05) is 17.4 Å². The van der Waals surface area contributed by atoms with E-state index in [1.54, 1.807) is 19.1 Å². The van der Waals surface area contributed by atoms with Crippen molar-refractivity contribution in [2.75, 3.05) is 17.1 Å². The minimum atomic E-state index is -3.98. The van der Waals surface area contributed by atoms with Crippen LogP contribution >= 0.6 is 11.3 Å². The molecule has 3 rings (SSSR count). The monoisotopic (exact) mass is 454 g/mol. The minimum Gasteiger partial charge on any atom is -0.497 e. The van der Waals surface area contributed by atoms with Gasteiger partial charge in [0.25, 0.3) is 22.4 Å². The third-order valence-corrected chi connectivity index (χ3v) is 6.18. The number of aromatic nitrogens is 2. The Labute approximate surface area is 175 Å². The molecule has 0 aliphatic heterocycles. The topological polar surface area (TPSA) is 110 Å². The van der Waals surface area contributed by atoms with Crippen molar-refractivity contribution in [1.82, 2.24) is 10.2 Å². The van der Waals surface area contributed by atoms with Gasteiger partial charge in [0.1, 0.15) is 5.75 Å². The molecule has 0 bridgehead atoms. The van der Waals surface area contributed by atoms with Crippen molar-refractivity contribution in [2.45, 2.75) is 18.2 Å². The molecule has 1 heterocycles. The van der Waals surface area contributed by atoms with Crippen LogP contribution in [0.5, 0.6) is 5.75 Å². The average Bonchev–Trinajstić information content (AvgIpc) is 3.17. The van der Waals surface area contributed by atoms with Crippen LogP contribution in [0, 0.1) is 6.92 Å². The minimum absolute atomic E-state index is 0.0569. The Morgan fingerprint density at radius 3 is 2.43 bits per heavy atom. The van der Waals surface area contributed by atoms with Crippen molar-refractivity contribution in [3.63, 3.8) is 0 Å². The predicted octanol–water partition coefficient (Wildman–Crippen LogP) is 3.85. The van der Waals surface area contributed by atoms with Crippen LogP contribution < -0.4 is 14.8 Å². The molecule has 12 heteroatoms. The van der Waals surface area contributed by atoms with Crippen LogP contribution in [0.4, 0.5) is 19.6 Å². The first-order chi connectivity index (χ1) is 14.2. The van der Waals surface area contributed by atoms with Crippen molar-refractivity contribution in [1.29, 1.82) is 0 Å². The molecule has 0 aliphatic rings. The van der Waals surface area contributed by atoms with Crippen LogP contribution in [0.25, 0.3) is 0 Å². The third-order valence-electron chi connectivity index (χ3n) is 3.95. The number of halogens is 2. The Hall–Kier alpha value is -3.12. The van der Waals surface area contributed by atoms with Crippen molar-refractivity contribution in [2.24, 2.45) is 0 Å². The molecule has 8 nitrogen and oxygen atoms in total. The Morgan fingerprint density at radius 1 is 1.13 bits per heavy atom. The number of nitrogens with zero attached hydrogens (tertiary/aromatic N) is 2. The molecule has 30 heavy (non-hydrogen) atoms. The van der Waals surface area contributed by atoms with E-state index in [2.05, 4.69) is 20.2 Å². The number of hydrogen-bond acceptors (Lipinski definition) is 7. The maximum absolute atomic E-state index is 12.7. The van der Waals surface area contributed by atoms with Gasteiger partial charge in [0.2, 0.25) is 5.13 Å². The number of carbonyl (C=O) groups is 1. The highest BCUT2D eigenvalue weighted by Crippen LogP contribution is 2.26. The molecule has 0 fully saturated rings. The van der Waals surface area contributed by atoms with Gasteiger partial charge in [0.05, 0.1) is 12.0 Å². The lowest BCUT2D eigenvalue weighted by Gasteiger charge is -2.11. The van der Waals surface area contributed by atoms with E-state index in [9.17, 15) is 22.0 Å². The lowest BCUT2D eigenvalue weighted by molar-refractivity contribution is 0.102. The number of benzene rings is 2. The number of aryl methyl sites for hydroxylation is 1. The summed E-state index contributed by atoms with van der Waals surface area (Å²) in [7, 11) is -2.49. The van der Waals surface area contributed by atoms with Gasteiger partial charge in [-0.15, -0.1) is 10.2 Å². The fourth-order valence-electron chi connectivity index (χ4n) is 2.42. The Bertz CT molecular complexity index is 1170. The van der Waals surface area contributed by atoms with Crippen molar-refractivity contribution in [3.8, 4) is 5.75 Å². The van der Waals surface area contributed by atoms with Gasteiger partial charge >= 0.3 is 0 Å². The van der Waals surface area contributed by atoms with Gasteiger partial charge in [-0.25, -0.2) is 17.2 Å². The summed E-state index contributed by atoms with van der Waals surface area (Å²) in [5.41, 5.74) is 0.867. The lowest BCUT2D eigenvalue weighted by Crippen LogP contribution is -2.17. The standard InChI is InChI=1S/C18H16F2N4O4S2/c1-10-3-8-13(30(26,27)24-11-4-6-12(28-2)7-5-11)9-14(10)16(25)21-18-23-22-17(29-18)15(19)20/h3-9,15,24H,1-2H3,(H,21,23,25). The van der Waals surface area contributed by atoms with Crippen molar-refractivity contribution < 1.29 is 26.7 Å². The van der Waals surface area contributed by atoms with E-state index in [4.69, 9.17) is 4.74 Å². The Kier molecular flexibility index (Phi) is 6.27. The van der Waals surface area contributed by atoms with Crippen molar-refractivity contribution >= 4 is 38.1 Å². The summed E-state index contributed by atoms with van der Waals surface area (Å²) in [5.74, 6) is -0.120. The van der Waals surface area contributed by atoms with E-state index < -0.39 is 27.4 Å². The van der Waals surface area contributed by atoms with Gasteiger partial charge in [-0.05, 0) is 48.9 Å². The lowest BCUT2D eigenvalue weighted by atomic mass is 10.1. The highest BCUT2D eigenvalue weighted by Gasteiger charge is 2.20. The quantitative estimate of drug-likeness (QED) is 0.561. The largest absolute Gasteiger partial charge is 0.497 e. The van der Waals surface area contributed by atoms with E-state index in [0.29, 0.717) is 28.3 Å². The second kappa shape index (κ2) is 8.71. The second-order valence-corrected chi connectivity index (χ2v) is 8.70. The molecule has 0 saturated heterocycles. The first kappa shape index (κ1) is 21.6. The number of carbonyl (C=O) groups excluding carboxylic acids is 1. The van der Waals surface area contributed by atoms with Crippen LogP contribution in [-0.2, 0) is 10.0 Å². The molecule has 1 amide bonds. The van der Waals surface area contributed by atoms with Crippen molar-refractivity contribution in [3.05, 3.63) is 58.6 Å². The number of alkyl halides is 2. The number of anilines is 2. The molecule has 0 radical (unpaired) electrons. The van der Waals surface area contributed by atoms with Crippen LogP contribution in [0.1, 0.15) is 27.4 Å². The maximum Gasteiger partial charge on any atom is 0.291 e. The summed E-state index contributed by atoms with van der Waals surface area (Å²) in [6, 6.07) is 10.3. The number of methoxy groups -OCH3 is 1. The van der Waals surface area contributed by atoms with Crippen LogP contribution in [0.2, 0.25) is 0 Å². The molecule has 0 atom stereocenters. The van der Waals surface area contributed by atoms with Gasteiger partial charge in [0, 0.05) is 11.3 Å². The molecular formula is C18H16F2N4O4S2. The zero-order chi connectivity index (χ0) is 21.9. The molecule has 2 N–H and O–H groups in total. The first-order valence-corrected chi connectivity index (χ1v) is 10.7. The van der Waals surface area contributed by atoms with Crippen LogP contribution in [0.3, 0.4) is 0 Å². The fourth-order valence-corrected chi connectivity index (χ4v) is 4.10. The van der Waals surface area contributed by atoms with Crippen LogP contribution in [0.15, 0.2) is 47.4 Å². The third kappa shape index (κ3) is 4.89. The highest BCUT2D eigenvalue weighted by atomic mass is 32.2. The molecule has 0 aliphatic carbocycles. The SMILES string of the molecule is COc1ccc(NS(=O)(=O)c2ccc(C)c(C(=O)Nc3nnc(C(F)F)s3)c2)cc1. The van der Waals surface area contributed by atoms with Gasteiger partial charge < -0.3 is 4.74 Å².